The van der Waals surface area contributed by atoms with E-state index in [1.165, 1.54) is 26.4 Å². The van der Waals surface area contributed by atoms with E-state index in [1.807, 2.05) is 19.9 Å². The number of rotatable bonds is 4. The van der Waals surface area contributed by atoms with Crippen molar-refractivity contribution in [3.8, 4) is 0 Å². The molecule has 2 aromatic heterocycles. The van der Waals surface area contributed by atoms with Gasteiger partial charge in [0.2, 0.25) is 5.76 Å². The number of hydrogen-bond donors (Lipinski definition) is 0. The second kappa shape index (κ2) is 6.78. The Morgan fingerprint density at radius 3 is 3.00 bits per heavy atom. The van der Waals surface area contributed by atoms with Crippen LogP contribution in [0.1, 0.15) is 59.1 Å². The minimum Gasteiger partial charge on any atom is -0.463 e. The maximum absolute atomic E-state index is 11.7. The molecule has 3 rings (SSSR count). The molecule has 0 aliphatic carbocycles. The number of methoxy groups -OCH3 is 1. The average molecular weight is 335 g/mol. The van der Waals surface area contributed by atoms with E-state index >= 15 is 0 Å². The van der Waals surface area contributed by atoms with Crippen molar-refractivity contribution in [1.82, 2.24) is 14.8 Å². The zero-order chi connectivity index (χ0) is 16.4. The zero-order valence-corrected chi connectivity index (χ0v) is 14.5. The number of esters is 1. The van der Waals surface area contributed by atoms with Crippen molar-refractivity contribution in [2.24, 2.45) is 0 Å². The number of nitrogens with zero attached hydrogens (tertiary/aromatic N) is 3. The third-order valence-corrected chi connectivity index (χ3v) is 5.16. The molecule has 0 spiro atoms. The Kier molecular flexibility index (Phi) is 4.75. The van der Waals surface area contributed by atoms with Crippen LogP contribution >= 0.6 is 11.8 Å². The monoisotopic (exact) mass is 335 g/mol. The molecule has 0 saturated carbocycles. The molecule has 0 radical (unpaired) electrons. The molecule has 0 aromatic carbocycles. The summed E-state index contributed by atoms with van der Waals surface area (Å²) in [7, 11) is 1.35. The summed E-state index contributed by atoms with van der Waals surface area (Å²) in [5.74, 6) is 1.65. The van der Waals surface area contributed by atoms with E-state index in [2.05, 4.69) is 14.8 Å². The van der Waals surface area contributed by atoms with Crippen molar-refractivity contribution in [3.05, 3.63) is 29.0 Å². The molecular weight excluding hydrogens is 314 g/mol. The van der Waals surface area contributed by atoms with Gasteiger partial charge in [-0.1, -0.05) is 18.2 Å². The topological polar surface area (TPSA) is 70.2 Å². The predicted molar refractivity (Wildman–Crippen MR) is 86.6 cm³/mol. The molecule has 1 aliphatic heterocycles. The second-order valence-corrected chi connectivity index (χ2v) is 7.08. The van der Waals surface area contributed by atoms with Crippen molar-refractivity contribution in [3.63, 3.8) is 0 Å². The SMILES string of the molecule is COC(=O)c1oc([C@H](C)Sc2nnc3n2CCCCC3)cc1C. The van der Waals surface area contributed by atoms with E-state index in [4.69, 9.17) is 9.15 Å². The fraction of sp³-hybridized carbons (Fsp3) is 0.562. The van der Waals surface area contributed by atoms with E-state index in [0.717, 1.165) is 35.3 Å². The van der Waals surface area contributed by atoms with Crippen molar-refractivity contribution >= 4 is 17.7 Å². The third kappa shape index (κ3) is 3.29. The van der Waals surface area contributed by atoms with Crippen LogP contribution in [0, 0.1) is 6.92 Å². The highest BCUT2D eigenvalue weighted by molar-refractivity contribution is 7.99. The molecule has 0 fully saturated rings. The number of ether oxygens (including phenoxy) is 1. The largest absolute Gasteiger partial charge is 0.463 e. The van der Waals surface area contributed by atoms with Gasteiger partial charge >= 0.3 is 5.97 Å². The molecule has 0 saturated heterocycles. The Hall–Kier alpha value is -1.76. The van der Waals surface area contributed by atoms with E-state index in [9.17, 15) is 4.79 Å². The van der Waals surface area contributed by atoms with Gasteiger partial charge in [-0.05, 0) is 32.8 Å². The molecule has 1 atom stereocenters. The molecule has 2 aromatic rings. The van der Waals surface area contributed by atoms with Crippen LogP contribution in [0.3, 0.4) is 0 Å². The van der Waals surface area contributed by atoms with Crippen LogP contribution in [0.5, 0.6) is 0 Å². The molecule has 0 N–H and O–H groups in total. The van der Waals surface area contributed by atoms with Gasteiger partial charge < -0.3 is 13.7 Å². The molecule has 0 amide bonds. The molecular formula is C16H21N3O3S. The minimum atomic E-state index is -0.442. The maximum Gasteiger partial charge on any atom is 0.374 e. The lowest BCUT2D eigenvalue weighted by Gasteiger charge is -2.10. The first kappa shape index (κ1) is 16.1. The Morgan fingerprint density at radius 1 is 1.39 bits per heavy atom. The summed E-state index contributed by atoms with van der Waals surface area (Å²) in [5.41, 5.74) is 0.791. The molecule has 0 unspecified atom stereocenters. The molecule has 0 bridgehead atoms. The number of thioether (sulfide) groups is 1. The number of carbonyl (C=O) groups excluding carboxylic acids is 1. The Bertz CT molecular complexity index is 707. The smallest absolute Gasteiger partial charge is 0.374 e. The van der Waals surface area contributed by atoms with Gasteiger partial charge in [0.15, 0.2) is 5.16 Å². The van der Waals surface area contributed by atoms with Crippen LogP contribution in [0.4, 0.5) is 0 Å². The molecule has 6 nitrogen and oxygen atoms in total. The van der Waals surface area contributed by atoms with Gasteiger partial charge in [-0.2, -0.15) is 0 Å². The molecule has 7 heteroatoms. The van der Waals surface area contributed by atoms with Gasteiger partial charge in [0.1, 0.15) is 11.6 Å². The molecule has 23 heavy (non-hydrogen) atoms. The minimum absolute atomic E-state index is 0.0451. The second-order valence-electron chi connectivity index (χ2n) is 5.77. The summed E-state index contributed by atoms with van der Waals surface area (Å²) in [5, 5.41) is 9.61. The van der Waals surface area contributed by atoms with Crippen LogP contribution in [-0.2, 0) is 17.7 Å². The fourth-order valence-corrected chi connectivity index (χ4v) is 3.72. The highest BCUT2D eigenvalue weighted by Gasteiger charge is 2.23. The van der Waals surface area contributed by atoms with Gasteiger partial charge in [0, 0.05) is 18.5 Å². The quantitative estimate of drug-likeness (QED) is 0.628. The van der Waals surface area contributed by atoms with Crippen LogP contribution in [0.15, 0.2) is 15.6 Å². The van der Waals surface area contributed by atoms with Gasteiger partial charge in [-0.25, -0.2) is 4.79 Å². The summed E-state index contributed by atoms with van der Waals surface area (Å²) < 4.78 is 12.6. The van der Waals surface area contributed by atoms with Crippen LogP contribution in [0.25, 0.3) is 0 Å². The fourth-order valence-electron chi connectivity index (χ4n) is 2.76. The first-order valence-electron chi connectivity index (χ1n) is 7.87. The highest BCUT2D eigenvalue weighted by Crippen LogP contribution is 2.36. The number of aromatic nitrogens is 3. The maximum atomic E-state index is 11.7. The number of fused-ring (bicyclic) bond motifs is 1. The van der Waals surface area contributed by atoms with Crippen molar-refractivity contribution in [2.75, 3.05) is 7.11 Å². The first-order chi connectivity index (χ1) is 11.1. The van der Waals surface area contributed by atoms with E-state index in [0.29, 0.717) is 0 Å². The Balaban J connectivity index is 1.78. The standard InChI is InChI=1S/C16H21N3O3S/c1-10-9-12(22-14(10)15(20)21-3)11(2)23-16-18-17-13-7-5-4-6-8-19(13)16/h9,11H,4-8H2,1-3H3/t11-/m0/s1. The first-order valence-corrected chi connectivity index (χ1v) is 8.75. The number of aryl methyl sites for hydroxylation is 2. The lowest BCUT2D eigenvalue weighted by molar-refractivity contribution is 0.0562. The summed E-state index contributed by atoms with van der Waals surface area (Å²) in [4.78, 5) is 11.7. The van der Waals surface area contributed by atoms with Crippen molar-refractivity contribution in [1.29, 1.82) is 0 Å². The Labute approximate surface area is 139 Å². The van der Waals surface area contributed by atoms with Crippen LogP contribution in [-0.4, -0.2) is 27.8 Å². The lowest BCUT2D eigenvalue weighted by atomic mass is 10.2. The summed E-state index contributed by atoms with van der Waals surface area (Å²) >= 11 is 1.61. The van der Waals surface area contributed by atoms with Crippen molar-refractivity contribution < 1.29 is 13.9 Å². The van der Waals surface area contributed by atoms with Gasteiger partial charge in [-0.15, -0.1) is 10.2 Å². The summed E-state index contributed by atoms with van der Waals surface area (Å²) in [6.07, 6.45) is 4.58. The van der Waals surface area contributed by atoms with Crippen LogP contribution < -0.4 is 0 Å². The molecule has 3 heterocycles. The van der Waals surface area contributed by atoms with E-state index in [1.54, 1.807) is 11.8 Å². The van der Waals surface area contributed by atoms with Gasteiger partial charge in [0.25, 0.3) is 0 Å². The van der Waals surface area contributed by atoms with Crippen LogP contribution in [0.2, 0.25) is 0 Å². The van der Waals surface area contributed by atoms with E-state index in [-0.39, 0.29) is 11.0 Å². The Morgan fingerprint density at radius 2 is 2.22 bits per heavy atom. The van der Waals surface area contributed by atoms with E-state index < -0.39 is 5.97 Å². The van der Waals surface area contributed by atoms with Crippen molar-refractivity contribution in [2.45, 2.75) is 56.5 Å². The summed E-state index contributed by atoms with van der Waals surface area (Å²) in [6.45, 7) is 4.87. The summed E-state index contributed by atoms with van der Waals surface area (Å²) in [6, 6.07) is 1.89. The highest BCUT2D eigenvalue weighted by atomic mass is 32.2. The number of carbonyl (C=O) groups is 1. The number of furan rings is 1. The number of hydrogen-bond acceptors (Lipinski definition) is 6. The lowest BCUT2D eigenvalue weighted by Crippen LogP contribution is -2.03. The zero-order valence-electron chi connectivity index (χ0n) is 13.7. The molecule has 124 valence electrons. The van der Waals surface area contributed by atoms with Gasteiger partial charge in [-0.3, -0.25) is 0 Å². The van der Waals surface area contributed by atoms with Gasteiger partial charge in [0.05, 0.1) is 12.4 Å². The predicted octanol–water partition coefficient (Wildman–Crippen LogP) is 3.55. The third-order valence-electron chi connectivity index (χ3n) is 4.07. The normalized spacial score (nSPS) is 15.8. The average Bonchev–Trinajstić information content (AvgIpc) is 3.02. The molecule has 1 aliphatic rings.